The van der Waals surface area contributed by atoms with Gasteiger partial charge in [0.2, 0.25) is 11.8 Å². The summed E-state index contributed by atoms with van der Waals surface area (Å²) in [5.41, 5.74) is 4.93. The van der Waals surface area contributed by atoms with Crippen LogP contribution >= 0.6 is 0 Å². The second-order valence-corrected chi connectivity index (χ2v) is 13.3. The van der Waals surface area contributed by atoms with E-state index < -0.39 is 28.5 Å². The Morgan fingerprint density at radius 3 is 2.16 bits per heavy atom. The number of aryl methyl sites for hydroxylation is 3. The molecule has 2 amide bonds. The number of unbranched alkanes of at least 4 members (excludes halogenated alkanes) is 1. The summed E-state index contributed by atoms with van der Waals surface area (Å²) >= 11 is 0. The first kappa shape index (κ1) is 33.5. The molecule has 1 N–H and O–H groups in total. The van der Waals surface area contributed by atoms with Crippen molar-refractivity contribution in [3.05, 3.63) is 131 Å². The second-order valence-electron chi connectivity index (χ2n) is 11.5. The molecule has 0 saturated carbocycles. The Balaban J connectivity index is 1.80. The lowest BCUT2D eigenvalue weighted by molar-refractivity contribution is -0.140. The summed E-state index contributed by atoms with van der Waals surface area (Å²) in [4.78, 5) is 30.1. The van der Waals surface area contributed by atoms with Crippen molar-refractivity contribution in [2.75, 3.05) is 17.4 Å². The van der Waals surface area contributed by atoms with Crippen LogP contribution in [0, 0.1) is 20.8 Å². The monoisotopic (exact) mass is 625 g/mol. The van der Waals surface area contributed by atoms with Crippen LogP contribution in [0.2, 0.25) is 0 Å². The molecule has 0 bridgehead atoms. The molecule has 4 aromatic carbocycles. The maximum Gasteiger partial charge on any atom is 0.264 e. The van der Waals surface area contributed by atoms with E-state index in [-0.39, 0.29) is 23.8 Å². The number of sulfonamides is 1. The third-order valence-electron chi connectivity index (χ3n) is 7.88. The van der Waals surface area contributed by atoms with Crippen molar-refractivity contribution < 1.29 is 18.0 Å². The van der Waals surface area contributed by atoms with Crippen molar-refractivity contribution in [1.82, 2.24) is 10.2 Å². The highest BCUT2D eigenvalue weighted by Gasteiger charge is 2.34. The van der Waals surface area contributed by atoms with Gasteiger partial charge >= 0.3 is 0 Å². The molecule has 4 aromatic rings. The average molecular weight is 626 g/mol. The van der Waals surface area contributed by atoms with E-state index in [1.807, 2.05) is 81.4 Å². The zero-order chi connectivity index (χ0) is 32.4. The van der Waals surface area contributed by atoms with Gasteiger partial charge in [0.25, 0.3) is 10.0 Å². The lowest BCUT2D eigenvalue weighted by Gasteiger charge is -2.34. The summed E-state index contributed by atoms with van der Waals surface area (Å²) in [6.45, 7) is 7.95. The molecule has 45 heavy (non-hydrogen) atoms. The Morgan fingerprint density at radius 1 is 0.800 bits per heavy atom. The van der Waals surface area contributed by atoms with Gasteiger partial charge in [-0.3, -0.25) is 13.9 Å². The first-order valence-corrected chi connectivity index (χ1v) is 16.9. The van der Waals surface area contributed by atoms with E-state index in [2.05, 4.69) is 12.2 Å². The summed E-state index contributed by atoms with van der Waals surface area (Å²) < 4.78 is 29.5. The smallest absolute Gasteiger partial charge is 0.264 e. The van der Waals surface area contributed by atoms with E-state index in [1.165, 1.54) is 0 Å². The molecule has 0 unspecified atom stereocenters. The summed E-state index contributed by atoms with van der Waals surface area (Å²) in [5.74, 6) is -0.736. The summed E-state index contributed by atoms with van der Waals surface area (Å²) in [6.07, 6.45) is 2.01. The number of hydrogen-bond donors (Lipinski definition) is 1. The molecule has 7 nitrogen and oxygen atoms in total. The number of hydrogen-bond acceptors (Lipinski definition) is 4. The third kappa shape index (κ3) is 8.82. The fraction of sp³-hybridized carbons (Fsp3) is 0.297. The normalized spacial score (nSPS) is 11.9. The molecule has 0 heterocycles. The molecule has 0 aliphatic rings. The minimum absolute atomic E-state index is 0.0889. The van der Waals surface area contributed by atoms with E-state index in [0.29, 0.717) is 12.2 Å². The summed E-state index contributed by atoms with van der Waals surface area (Å²) in [6, 6.07) is 30.1. The topological polar surface area (TPSA) is 86.8 Å². The van der Waals surface area contributed by atoms with Gasteiger partial charge in [0, 0.05) is 19.5 Å². The van der Waals surface area contributed by atoms with Gasteiger partial charge in [-0.05, 0) is 73.7 Å². The largest absolute Gasteiger partial charge is 0.354 e. The van der Waals surface area contributed by atoms with Crippen LogP contribution < -0.4 is 9.62 Å². The minimum Gasteiger partial charge on any atom is -0.354 e. The molecule has 0 saturated heterocycles. The van der Waals surface area contributed by atoms with Gasteiger partial charge in [-0.2, -0.15) is 0 Å². The predicted octanol–water partition coefficient (Wildman–Crippen LogP) is 6.36. The molecule has 4 rings (SSSR count). The summed E-state index contributed by atoms with van der Waals surface area (Å²) in [7, 11) is -4.13. The zero-order valence-electron chi connectivity index (χ0n) is 26.6. The lowest BCUT2D eigenvalue weighted by atomic mass is 10.0. The Morgan fingerprint density at radius 2 is 1.49 bits per heavy atom. The fourth-order valence-electron chi connectivity index (χ4n) is 5.18. The highest BCUT2D eigenvalue weighted by Crippen LogP contribution is 2.26. The molecule has 236 valence electrons. The molecule has 8 heteroatoms. The molecule has 0 aliphatic heterocycles. The van der Waals surface area contributed by atoms with Gasteiger partial charge in [0.15, 0.2) is 0 Å². The van der Waals surface area contributed by atoms with Crippen LogP contribution in [0.25, 0.3) is 0 Å². The third-order valence-corrected chi connectivity index (χ3v) is 9.67. The molecule has 0 aliphatic carbocycles. The van der Waals surface area contributed by atoms with E-state index in [9.17, 15) is 18.0 Å². The molecule has 0 spiro atoms. The first-order chi connectivity index (χ1) is 21.6. The van der Waals surface area contributed by atoms with E-state index in [4.69, 9.17) is 0 Å². The molecule has 0 fully saturated rings. The van der Waals surface area contributed by atoms with Gasteiger partial charge in [0.1, 0.15) is 12.6 Å². The minimum atomic E-state index is -4.13. The van der Waals surface area contributed by atoms with Gasteiger partial charge in [0.05, 0.1) is 10.6 Å². The molecular formula is C37H43N3O4S. The van der Waals surface area contributed by atoms with Crippen molar-refractivity contribution in [1.29, 1.82) is 0 Å². The van der Waals surface area contributed by atoms with Crippen molar-refractivity contribution in [2.24, 2.45) is 0 Å². The number of carbonyl (C=O) groups excluding carboxylic acids is 2. The zero-order valence-corrected chi connectivity index (χ0v) is 27.4. The van der Waals surface area contributed by atoms with Gasteiger partial charge in [-0.1, -0.05) is 97.8 Å². The number of anilines is 1. The van der Waals surface area contributed by atoms with E-state index in [0.717, 1.165) is 45.0 Å². The van der Waals surface area contributed by atoms with Crippen LogP contribution in [0.1, 0.15) is 47.6 Å². The molecule has 0 aromatic heterocycles. The lowest BCUT2D eigenvalue weighted by Crippen LogP contribution is -2.53. The maximum atomic E-state index is 14.6. The number of nitrogens with zero attached hydrogens (tertiary/aromatic N) is 2. The maximum absolute atomic E-state index is 14.6. The Labute approximate surface area is 268 Å². The van der Waals surface area contributed by atoms with Crippen LogP contribution in [0.3, 0.4) is 0 Å². The standard InChI is InChI=1S/C37H43N3O4S/c1-5-6-23-38-37(42)35(25-31-15-8-7-9-16-31)39(26-32-17-11-10-14-30(32)4)36(41)27-40(33-18-12-13-29(3)24-33)45(43,44)34-21-19-28(2)20-22-34/h7-22,24,35H,5-6,23,25-27H2,1-4H3,(H,38,42)/t35-/m1/s1. The fourth-order valence-corrected chi connectivity index (χ4v) is 6.59. The highest BCUT2D eigenvalue weighted by atomic mass is 32.2. The van der Waals surface area contributed by atoms with Crippen molar-refractivity contribution >= 4 is 27.5 Å². The van der Waals surface area contributed by atoms with Crippen LogP contribution in [-0.4, -0.2) is 44.3 Å². The second kappa shape index (κ2) is 15.5. The van der Waals surface area contributed by atoms with Crippen molar-refractivity contribution in [3.8, 4) is 0 Å². The van der Waals surface area contributed by atoms with Crippen LogP contribution in [0.15, 0.2) is 108 Å². The van der Waals surface area contributed by atoms with Gasteiger partial charge < -0.3 is 10.2 Å². The SMILES string of the molecule is CCCCNC(=O)[C@@H](Cc1ccccc1)N(Cc1ccccc1C)C(=O)CN(c1cccc(C)c1)S(=O)(=O)c1ccc(C)cc1. The Hall–Kier alpha value is -4.43. The number of carbonyl (C=O) groups is 2. The summed E-state index contributed by atoms with van der Waals surface area (Å²) in [5, 5.41) is 3.03. The highest BCUT2D eigenvalue weighted by molar-refractivity contribution is 7.92. The van der Waals surface area contributed by atoms with Gasteiger partial charge in [-0.15, -0.1) is 0 Å². The molecule has 1 atom stereocenters. The van der Waals surface area contributed by atoms with E-state index >= 15 is 0 Å². The number of nitrogens with one attached hydrogen (secondary N) is 1. The number of benzene rings is 4. The predicted molar refractivity (Wildman–Crippen MR) is 180 cm³/mol. The quantitative estimate of drug-likeness (QED) is 0.165. The van der Waals surface area contributed by atoms with Crippen LogP contribution in [0.5, 0.6) is 0 Å². The van der Waals surface area contributed by atoms with Crippen LogP contribution in [0.4, 0.5) is 5.69 Å². The first-order valence-electron chi connectivity index (χ1n) is 15.4. The molecular weight excluding hydrogens is 582 g/mol. The number of rotatable bonds is 14. The average Bonchev–Trinajstić information content (AvgIpc) is 3.03. The van der Waals surface area contributed by atoms with Crippen LogP contribution in [-0.2, 0) is 32.6 Å². The van der Waals surface area contributed by atoms with Crippen molar-refractivity contribution in [2.45, 2.75) is 64.4 Å². The Bertz CT molecular complexity index is 1690. The van der Waals surface area contributed by atoms with Crippen molar-refractivity contribution in [3.63, 3.8) is 0 Å². The Kier molecular flexibility index (Phi) is 11.5. The molecule has 0 radical (unpaired) electrons. The van der Waals surface area contributed by atoms with Gasteiger partial charge in [-0.25, -0.2) is 8.42 Å². The number of amides is 2. The van der Waals surface area contributed by atoms with E-state index in [1.54, 1.807) is 47.4 Å².